The van der Waals surface area contributed by atoms with Crippen molar-refractivity contribution in [3.63, 3.8) is 0 Å². The third-order valence-electron chi connectivity index (χ3n) is 1.97. The molecule has 0 saturated heterocycles. The van der Waals surface area contributed by atoms with E-state index in [1.807, 2.05) is 6.07 Å². The molecule has 0 spiro atoms. The summed E-state index contributed by atoms with van der Waals surface area (Å²) in [6.45, 7) is 3.87. The summed E-state index contributed by atoms with van der Waals surface area (Å²) in [7, 11) is 0. The van der Waals surface area contributed by atoms with Crippen molar-refractivity contribution in [3.8, 4) is 5.75 Å². The summed E-state index contributed by atoms with van der Waals surface area (Å²) in [5.74, 6) is 0.583. The average Bonchev–Trinajstić information content (AvgIpc) is 2.24. The van der Waals surface area contributed by atoms with Gasteiger partial charge in [0, 0.05) is 6.42 Å². The lowest BCUT2D eigenvalue weighted by Crippen LogP contribution is -2.03. The van der Waals surface area contributed by atoms with E-state index >= 15 is 0 Å². The second kappa shape index (κ2) is 6.29. The van der Waals surface area contributed by atoms with E-state index in [1.54, 1.807) is 18.2 Å². The van der Waals surface area contributed by atoms with Crippen molar-refractivity contribution in [2.24, 2.45) is 0 Å². The van der Waals surface area contributed by atoms with Gasteiger partial charge in [0.15, 0.2) is 10.1 Å². The molecule has 92 valence electrons. The Balaban J connectivity index is 2.77. The SMILES string of the molecule is C=C(CC(Cl)(Cl)Cl)c1cccc(OCC=O)c1. The minimum absolute atomic E-state index is 0.0143. The molecular formula is C12H11Cl3O2. The predicted molar refractivity (Wildman–Crippen MR) is 71.9 cm³/mol. The van der Waals surface area contributed by atoms with Crippen LogP contribution in [0.1, 0.15) is 12.0 Å². The van der Waals surface area contributed by atoms with E-state index in [2.05, 4.69) is 6.58 Å². The van der Waals surface area contributed by atoms with Gasteiger partial charge >= 0.3 is 0 Å². The molecule has 1 aromatic rings. The van der Waals surface area contributed by atoms with E-state index in [0.717, 1.165) is 5.56 Å². The van der Waals surface area contributed by atoms with Gasteiger partial charge in [0.1, 0.15) is 12.4 Å². The van der Waals surface area contributed by atoms with Crippen LogP contribution in [-0.4, -0.2) is 16.7 Å². The smallest absolute Gasteiger partial charge is 0.194 e. The van der Waals surface area contributed by atoms with Crippen LogP contribution in [-0.2, 0) is 4.79 Å². The Hall–Kier alpha value is -0.700. The molecular weight excluding hydrogens is 282 g/mol. The molecule has 0 aliphatic rings. The zero-order valence-electron chi connectivity index (χ0n) is 8.96. The number of benzene rings is 1. The van der Waals surface area contributed by atoms with Crippen LogP contribution in [0.5, 0.6) is 5.75 Å². The molecule has 0 radical (unpaired) electrons. The molecule has 0 aliphatic heterocycles. The standard InChI is InChI=1S/C12H11Cl3O2/c1-9(8-12(13,14)15)10-3-2-4-11(7-10)17-6-5-16/h2-5,7H,1,6,8H2. The van der Waals surface area contributed by atoms with Crippen molar-refractivity contribution >= 4 is 46.7 Å². The monoisotopic (exact) mass is 292 g/mol. The summed E-state index contributed by atoms with van der Waals surface area (Å²) < 4.78 is 3.80. The van der Waals surface area contributed by atoms with Crippen molar-refractivity contribution in [1.82, 2.24) is 0 Å². The summed E-state index contributed by atoms with van der Waals surface area (Å²) in [5, 5.41) is 0. The predicted octanol–water partition coefficient (Wildman–Crippen LogP) is 4.04. The summed E-state index contributed by atoms with van der Waals surface area (Å²) in [4.78, 5) is 10.2. The van der Waals surface area contributed by atoms with Gasteiger partial charge < -0.3 is 4.74 Å². The Morgan fingerprint density at radius 2 is 2.12 bits per heavy atom. The van der Waals surface area contributed by atoms with Crippen molar-refractivity contribution in [1.29, 1.82) is 0 Å². The maximum atomic E-state index is 10.2. The molecule has 0 saturated carbocycles. The number of carbonyl (C=O) groups excluding carboxylic acids is 1. The largest absolute Gasteiger partial charge is 0.486 e. The molecule has 5 heteroatoms. The van der Waals surface area contributed by atoms with Crippen LogP contribution in [0.15, 0.2) is 30.8 Å². The van der Waals surface area contributed by atoms with Crippen LogP contribution < -0.4 is 4.74 Å². The molecule has 0 aliphatic carbocycles. The maximum Gasteiger partial charge on any atom is 0.194 e. The van der Waals surface area contributed by atoms with Crippen LogP contribution in [0.3, 0.4) is 0 Å². The molecule has 0 aromatic heterocycles. The molecule has 0 amide bonds. The van der Waals surface area contributed by atoms with Crippen molar-refractivity contribution in [2.45, 2.75) is 10.2 Å². The molecule has 0 unspecified atom stereocenters. The fraction of sp³-hybridized carbons (Fsp3) is 0.250. The fourth-order valence-electron chi connectivity index (χ4n) is 1.28. The molecule has 0 bridgehead atoms. The minimum Gasteiger partial charge on any atom is -0.486 e. The highest BCUT2D eigenvalue weighted by molar-refractivity contribution is 6.67. The first-order valence-electron chi connectivity index (χ1n) is 4.84. The van der Waals surface area contributed by atoms with Gasteiger partial charge in [-0.05, 0) is 23.3 Å². The second-order valence-corrected chi connectivity index (χ2v) is 5.92. The van der Waals surface area contributed by atoms with Gasteiger partial charge in [-0.25, -0.2) is 0 Å². The number of hydrogen-bond donors (Lipinski definition) is 0. The van der Waals surface area contributed by atoms with Crippen LogP contribution in [0.2, 0.25) is 0 Å². The molecule has 0 N–H and O–H groups in total. The number of halogens is 3. The van der Waals surface area contributed by atoms with Gasteiger partial charge in [0.25, 0.3) is 0 Å². The van der Waals surface area contributed by atoms with E-state index in [9.17, 15) is 4.79 Å². The summed E-state index contributed by atoms with van der Waals surface area (Å²) in [6, 6.07) is 7.13. The first-order chi connectivity index (χ1) is 7.92. The van der Waals surface area contributed by atoms with Crippen LogP contribution >= 0.6 is 34.8 Å². The second-order valence-electron chi connectivity index (χ2n) is 3.40. The van der Waals surface area contributed by atoms with E-state index < -0.39 is 3.79 Å². The number of alkyl halides is 3. The lowest BCUT2D eigenvalue weighted by atomic mass is 10.1. The van der Waals surface area contributed by atoms with E-state index in [0.29, 0.717) is 17.6 Å². The molecule has 2 nitrogen and oxygen atoms in total. The molecule has 0 heterocycles. The normalized spacial score (nSPS) is 11.0. The number of rotatable bonds is 5. The van der Waals surface area contributed by atoms with Crippen LogP contribution in [0.4, 0.5) is 0 Å². The van der Waals surface area contributed by atoms with Gasteiger partial charge in [-0.1, -0.05) is 53.5 Å². The quantitative estimate of drug-likeness (QED) is 0.605. The summed E-state index contributed by atoms with van der Waals surface area (Å²) in [6.07, 6.45) is 0.914. The number of carbonyl (C=O) groups is 1. The minimum atomic E-state index is -1.36. The fourth-order valence-corrected chi connectivity index (χ4v) is 1.76. The Bertz CT molecular complexity index is 410. The average molecular weight is 294 g/mol. The van der Waals surface area contributed by atoms with Gasteiger partial charge in [-0.3, -0.25) is 4.79 Å². The van der Waals surface area contributed by atoms with Gasteiger partial charge in [-0.2, -0.15) is 0 Å². The highest BCUT2D eigenvalue weighted by Gasteiger charge is 2.21. The molecule has 17 heavy (non-hydrogen) atoms. The topological polar surface area (TPSA) is 26.3 Å². The first kappa shape index (κ1) is 14.4. The van der Waals surface area contributed by atoms with Crippen LogP contribution in [0.25, 0.3) is 5.57 Å². The van der Waals surface area contributed by atoms with E-state index in [-0.39, 0.29) is 13.0 Å². The zero-order chi connectivity index (χ0) is 12.9. The molecule has 0 atom stereocenters. The molecule has 1 rings (SSSR count). The molecule has 0 fully saturated rings. The number of hydrogen-bond acceptors (Lipinski definition) is 2. The summed E-state index contributed by atoms with van der Waals surface area (Å²) in [5.41, 5.74) is 1.52. The molecule has 1 aromatic carbocycles. The number of aldehydes is 1. The Labute approximate surface area is 115 Å². The first-order valence-corrected chi connectivity index (χ1v) is 5.97. The summed E-state index contributed by atoms with van der Waals surface area (Å²) >= 11 is 17.1. The van der Waals surface area contributed by atoms with Gasteiger partial charge in [0.2, 0.25) is 0 Å². The van der Waals surface area contributed by atoms with E-state index in [1.165, 1.54) is 0 Å². The van der Waals surface area contributed by atoms with E-state index in [4.69, 9.17) is 39.5 Å². The lowest BCUT2D eigenvalue weighted by molar-refractivity contribution is -0.109. The third-order valence-corrected chi connectivity index (χ3v) is 2.38. The number of allylic oxidation sites excluding steroid dienone is 1. The van der Waals surface area contributed by atoms with Crippen molar-refractivity contribution in [2.75, 3.05) is 6.61 Å². The Morgan fingerprint density at radius 3 is 2.71 bits per heavy atom. The van der Waals surface area contributed by atoms with Crippen molar-refractivity contribution in [3.05, 3.63) is 36.4 Å². The highest BCUT2D eigenvalue weighted by Crippen LogP contribution is 2.36. The van der Waals surface area contributed by atoms with Gasteiger partial charge in [-0.15, -0.1) is 0 Å². The zero-order valence-corrected chi connectivity index (χ0v) is 11.2. The Morgan fingerprint density at radius 1 is 1.41 bits per heavy atom. The third kappa shape index (κ3) is 5.44. The lowest BCUT2D eigenvalue weighted by Gasteiger charge is -2.13. The Kier molecular flexibility index (Phi) is 5.31. The van der Waals surface area contributed by atoms with Crippen molar-refractivity contribution < 1.29 is 9.53 Å². The van der Waals surface area contributed by atoms with Crippen LogP contribution in [0, 0.1) is 0 Å². The van der Waals surface area contributed by atoms with Gasteiger partial charge in [0.05, 0.1) is 0 Å². The number of ether oxygens (including phenoxy) is 1. The maximum absolute atomic E-state index is 10.2. The highest BCUT2D eigenvalue weighted by atomic mass is 35.6.